The molecule has 0 radical (unpaired) electrons. The van der Waals surface area contributed by atoms with Crippen LogP contribution in [0.25, 0.3) is 0 Å². The van der Waals surface area contributed by atoms with Crippen LogP contribution >= 0.6 is 0 Å². The summed E-state index contributed by atoms with van der Waals surface area (Å²) in [7, 11) is 1.95. The smallest absolute Gasteiger partial charge is 0.123 e. The molecular formula is C24H32FN5O2. The monoisotopic (exact) mass is 441 g/mol. The third-order valence-corrected chi connectivity index (χ3v) is 6.13. The highest BCUT2D eigenvalue weighted by molar-refractivity contribution is 5.25. The maximum absolute atomic E-state index is 13.0. The molecular weight excluding hydrogens is 409 g/mol. The largest absolute Gasteiger partial charge is 0.493 e. The molecule has 1 fully saturated rings. The van der Waals surface area contributed by atoms with Crippen molar-refractivity contribution in [2.24, 2.45) is 7.05 Å². The van der Waals surface area contributed by atoms with Gasteiger partial charge in [0.1, 0.15) is 17.7 Å². The zero-order valence-electron chi connectivity index (χ0n) is 19.3. The Morgan fingerprint density at radius 3 is 2.69 bits per heavy atom. The van der Waals surface area contributed by atoms with Crippen LogP contribution in [0.5, 0.6) is 5.75 Å². The summed E-state index contributed by atoms with van der Waals surface area (Å²) >= 11 is 0. The van der Waals surface area contributed by atoms with Crippen molar-refractivity contribution in [3.8, 4) is 5.75 Å². The first kappa shape index (κ1) is 22.5. The van der Waals surface area contributed by atoms with Crippen molar-refractivity contribution in [2.45, 2.75) is 46.4 Å². The molecule has 0 spiro atoms. The molecule has 0 amide bonds. The van der Waals surface area contributed by atoms with Crippen molar-refractivity contribution >= 4 is 0 Å². The second kappa shape index (κ2) is 9.83. The molecule has 0 bridgehead atoms. The van der Waals surface area contributed by atoms with Crippen molar-refractivity contribution < 1.29 is 13.9 Å². The molecule has 0 aliphatic carbocycles. The molecule has 1 aliphatic heterocycles. The molecule has 3 aromatic rings. The van der Waals surface area contributed by atoms with Gasteiger partial charge in [-0.1, -0.05) is 0 Å². The van der Waals surface area contributed by atoms with Gasteiger partial charge < -0.3 is 9.47 Å². The number of nitrogens with zero attached hydrogens (tertiary/aromatic N) is 5. The molecule has 0 N–H and O–H groups in total. The van der Waals surface area contributed by atoms with Gasteiger partial charge in [0, 0.05) is 56.6 Å². The summed E-state index contributed by atoms with van der Waals surface area (Å²) < 4.78 is 28.8. The maximum atomic E-state index is 13.0. The second-order valence-corrected chi connectivity index (χ2v) is 8.30. The quantitative estimate of drug-likeness (QED) is 0.535. The molecule has 1 aromatic carbocycles. The molecule has 1 atom stereocenters. The second-order valence-electron chi connectivity index (χ2n) is 8.30. The average molecular weight is 442 g/mol. The summed E-state index contributed by atoms with van der Waals surface area (Å²) in [5.41, 5.74) is 5.69. The molecule has 172 valence electrons. The molecule has 3 heterocycles. The zero-order valence-corrected chi connectivity index (χ0v) is 19.3. The van der Waals surface area contributed by atoms with E-state index in [-0.39, 0.29) is 11.9 Å². The Labute approximate surface area is 188 Å². The van der Waals surface area contributed by atoms with E-state index in [0.717, 1.165) is 43.3 Å². The van der Waals surface area contributed by atoms with E-state index >= 15 is 0 Å². The molecule has 0 saturated carbocycles. The zero-order chi connectivity index (χ0) is 22.7. The molecule has 7 nitrogen and oxygen atoms in total. The summed E-state index contributed by atoms with van der Waals surface area (Å²) in [6, 6.07) is 8.19. The first-order valence-electron chi connectivity index (χ1n) is 11.2. The average Bonchev–Trinajstić information content (AvgIpc) is 3.29. The Hall–Kier alpha value is -2.71. The third kappa shape index (κ3) is 5.02. The minimum absolute atomic E-state index is 0.0523. The normalized spacial score (nSPS) is 17.1. The Morgan fingerprint density at radius 1 is 1.19 bits per heavy atom. The molecule has 0 unspecified atom stereocenters. The summed E-state index contributed by atoms with van der Waals surface area (Å²) in [6.45, 7) is 11.0. The lowest BCUT2D eigenvalue weighted by atomic mass is 10.1. The van der Waals surface area contributed by atoms with E-state index in [4.69, 9.17) is 14.6 Å². The van der Waals surface area contributed by atoms with Gasteiger partial charge in [-0.05, 0) is 51.1 Å². The van der Waals surface area contributed by atoms with Crippen LogP contribution in [0.3, 0.4) is 0 Å². The van der Waals surface area contributed by atoms with E-state index in [1.165, 1.54) is 23.4 Å². The Balaban J connectivity index is 1.36. The third-order valence-electron chi connectivity index (χ3n) is 6.13. The lowest BCUT2D eigenvalue weighted by Crippen LogP contribution is -2.38. The topological polar surface area (TPSA) is 57.3 Å². The van der Waals surface area contributed by atoms with Gasteiger partial charge >= 0.3 is 0 Å². The number of halogens is 1. The first-order valence-corrected chi connectivity index (χ1v) is 11.2. The van der Waals surface area contributed by atoms with Gasteiger partial charge in [-0.3, -0.25) is 14.3 Å². The fourth-order valence-electron chi connectivity index (χ4n) is 4.25. The van der Waals surface area contributed by atoms with E-state index in [0.29, 0.717) is 25.4 Å². The summed E-state index contributed by atoms with van der Waals surface area (Å²) in [4.78, 5) is 2.43. The number of ether oxygens (including phenoxy) is 2. The van der Waals surface area contributed by atoms with Crippen LogP contribution in [0.2, 0.25) is 0 Å². The molecule has 1 aliphatic rings. The number of hydrogen-bond acceptors (Lipinski definition) is 5. The van der Waals surface area contributed by atoms with Crippen molar-refractivity contribution in [3.05, 3.63) is 64.5 Å². The number of rotatable bonds is 8. The van der Waals surface area contributed by atoms with Gasteiger partial charge in [-0.15, -0.1) is 0 Å². The standard InChI is InChI=1S/C24H32FN5O2/c1-5-30-18(3)22(17(2)26-30)15-29-11-13-32-24(16-29)23-14-20(28(4)27-23)10-12-31-21-8-6-19(25)7-9-21/h6-9,14,24H,5,10-13,15-16H2,1-4H3/t24-/m1/s1. The fourth-order valence-corrected chi connectivity index (χ4v) is 4.25. The van der Waals surface area contributed by atoms with Crippen molar-refractivity contribution in [2.75, 3.05) is 26.3 Å². The van der Waals surface area contributed by atoms with Gasteiger partial charge in [0.25, 0.3) is 0 Å². The van der Waals surface area contributed by atoms with E-state index in [1.807, 2.05) is 11.7 Å². The lowest BCUT2D eigenvalue weighted by molar-refractivity contribution is -0.0353. The molecule has 8 heteroatoms. The number of aromatic nitrogens is 4. The highest BCUT2D eigenvalue weighted by atomic mass is 19.1. The van der Waals surface area contributed by atoms with E-state index in [2.05, 4.69) is 41.5 Å². The predicted molar refractivity (Wildman–Crippen MR) is 120 cm³/mol. The van der Waals surface area contributed by atoms with Gasteiger partial charge in [0.2, 0.25) is 0 Å². The Bertz CT molecular complexity index is 1040. The Morgan fingerprint density at radius 2 is 1.97 bits per heavy atom. The molecule has 32 heavy (non-hydrogen) atoms. The predicted octanol–water partition coefficient (Wildman–Crippen LogP) is 3.59. The van der Waals surface area contributed by atoms with Gasteiger partial charge in [-0.25, -0.2) is 4.39 Å². The van der Waals surface area contributed by atoms with Crippen LogP contribution in [0.4, 0.5) is 4.39 Å². The van der Waals surface area contributed by atoms with Crippen molar-refractivity contribution in [1.82, 2.24) is 24.5 Å². The first-order chi connectivity index (χ1) is 15.4. The Kier molecular flexibility index (Phi) is 6.91. The number of hydrogen-bond donors (Lipinski definition) is 0. The highest BCUT2D eigenvalue weighted by Gasteiger charge is 2.26. The van der Waals surface area contributed by atoms with Crippen LogP contribution in [0.1, 0.15) is 41.4 Å². The number of morpholine rings is 1. The minimum Gasteiger partial charge on any atom is -0.493 e. The van der Waals surface area contributed by atoms with Crippen LogP contribution < -0.4 is 4.74 Å². The van der Waals surface area contributed by atoms with E-state index < -0.39 is 0 Å². The van der Waals surface area contributed by atoms with Crippen molar-refractivity contribution in [3.63, 3.8) is 0 Å². The van der Waals surface area contributed by atoms with Crippen LogP contribution in [-0.2, 0) is 31.3 Å². The van der Waals surface area contributed by atoms with E-state index in [9.17, 15) is 4.39 Å². The molecule has 2 aromatic heterocycles. The number of benzene rings is 1. The maximum Gasteiger partial charge on any atom is 0.123 e. The SMILES string of the molecule is CCn1nc(C)c(CN2CCO[C@@H](c3cc(CCOc4ccc(F)cc4)n(C)n3)C2)c1C. The van der Waals surface area contributed by atoms with E-state index in [1.54, 1.807) is 12.1 Å². The fraction of sp³-hybridized carbons (Fsp3) is 0.500. The lowest BCUT2D eigenvalue weighted by Gasteiger charge is -2.32. The molecule has 1 saturated heterocycles. The summed E-state index contributed by atoms with van der Waals surface area (Å²) in [5.74, 6) is 0.400. The minimum atomic E-state index is -0.264. The van der Waals surface area contributed by atoms with Gasteiger partial charge in [0.05, 0.1) is 24.6 Å². The van der Waals surface area contributed by atoms with Crippen LogP contribution in [0.15, 0.2) is 30.3 Å². The van der Waals surface area contributed by atoms with Gasteiger partial charge in [0.15, 0.2) is 0 Å². The van der Waals surface area contributed by atoms with Crippen molar-refractivity contribution in [1.29, 1.82) is 0 Å². The highest BCUT2D eigenvalue weighted by Crippen LogP contribution is 2.25. The van der Waals surface area contributed by atoms with Gasteiger partial charge in [-0.2, -0.15) is 10.2 Å². The van der Waals surface area contributed by atoms with Crippen LogP contribution in [-0.4, -0.2) is 50.8 Å². The summed E-state index contributed by atoms with van der Waals surface area (Å²) in [5, 5.41) is 9.36. The summed E-state index contributed by atoms with van der Waals surface area (Å²) in [6.07, 6.45) is 0.662. The number of aryl methyl sites for hydroxylation is 3. The molecule has 4 rings (SSSR count). The van der Waals surface area contributed by atoms with Crippen LogP contribution in [0, 0.1) is 19.7 Å².